The number of amides is 3. The van der Waals surface area contributed by atoms with Gasteiger partial charge in [0.1, 0.15) is 11.9 Å². The monoisotopic (exact) mass is 677 g/mol. The van der Waals surface area contributed by atoms with E-state index in [1.165, 1.54) is 18.2 Å². The smallest absolute Gasteiger partial charge is 0.264 e. The Morgan fingerprint density at radius 1 is 1.02 bits per heavy atom. The van der Waals surface area contributed by atoms with Gasteiger partial charge in [0.15, 0.2) is 0 Å². The van der Waals surface area contributed by atoms with E-state index < -0.39 is 22.0 Å². The minimum absolute atomic E-state index is 0.0465. The Kier molecular flexibility index (Phi) is 13.4. The fourth-order valence-electron chi connectivity index (χ4n) is 4.50. The van der Waals surface area contributed by atoms with Gasteiger partial charge in [-0.15, -0.1) is 0 Å². The summed E-state index contributed by atoms with van der Waals surface area (Å²) in [5, 5.41) is 12.2. The molecule has 3 N–H and O–H groups in total. The molecule has 9 nitrogen and oxygen atoms in total. The first-order chi connectivity index (χ1) is 21.3. The van der Waals surface area contributed by atoms with Crippen molar-refractivity contribution in [3.63, 3.8) is 0 Å². The van der Waals surface area contributed by atoms with Crippen LogP contribution in [0.3, 0.4) is 0 Å². The fourth-order valence-corrected chi connectivity index (χ4v) is 6.37. The van der Waals surface area contributed by atoms with Gasteiger partial charge in [0.05, 0.1) is 4.90 Å². The average Bonchev–Trinajstić information content (AvgIpc) is 2.99. The van der Waals surface area contributed by atoms with Crippen LogP contribution in [0.1, 0.15) is 44.2 Å². The number of benzene rings is 3. The van der Waals surface area contributed by atoms with Gasteiger partial charge < -0.3 is 15.3 Å². The van der Waals surface area contributed by atoms with Crippen molar-refractivity contribution in [3.05, 3.63) is 88.7 Å². The molecule has 0 saturated heterocycles. The number of halogens is 2. The molecule has 0 bridgehead atoms. The first-order valence-electron chi connectivity index (χ1n) is 14.4. The molecular formula is C32H37ClFN3O6S2. The first kappa shape index (κ1) is 36.0. The normalized spacial score (nSPS) is 12.7. The van der Waals surface area contributed by atoms with Crippen LogP contribution in [0.5, 0.6) is 0 Å². The number of nitrogens with zero attached hydrogens (tertiary/aromatic N) is 1. The third kappa shape index (κ3) is 10.6. The number of rotatable bonds is 15. The van der Waals surface area contributed by atoms with E-state index >= 15 is 0 Å². The number of nitrogens with one attached hydrogen (secondary N) is 2. The second-order valence-electron chi connectivity index (χ2n) is 10.5. The molecule has 3 aromatic rings. The van der Waals surface area contributed by atoms with Gasteiger partial charge in [0.2, 0.25) is 11.8 Å². The summed E-state index contributed by atoms with van der Waals surface area (Å²) in [6.07, 6.45) is -0.218. The third-order valence-corrected chi connectivity index (χ3v) is 8.94. The minimum Gasteiger partial charge on any atom is -0.384 e. The number of thiol groups is 1. The van der Waals surface area contributed by atoms with Crippen molar-refractivity contribution in [2.24, 2.45) is 0 Å². The topological polar surface area (TPSA) is 133 Å². The van der Waals surface area contributed by atoms with E-state index in [2.05, 4.69) is 17.9 Å². The molecule has 2 atom stereocenters. The van der Waals surface area contributed by atoms with E-state index in [0.29, 0.717) is 29.5 Å². The molecule has 0 aliphatic heterocycles. The number of carbonyl (C=O) groups is 3. The number of hydrogen-bond acceptors (Lipinski definition) is 7. The maximum absolute atomic E-state index is 13.9. The number of aliphatic hydroxyl groups excluding tert-OH is 1. The van der Waals surface area contributed by atoms with Gasteiger partial charge in [-0.05, 0) is 49.1 Å². The highest BCUT2D eigenvalue weighted by atomic mass is 35.5. The van der Waals surface area contributed by atoms with Crippen molar-refractivity contribution in [2.75, 3.05) is 13.1 Å². The highest BCUT2D eigenvalue weighted by Crippen LogP contribution is 2.33. The van der Waals surface area contributed by atoms with Crippen LogP contribution in [0.4, 0.5) is 4.39 Å². The van der Waals surface area contributed by atoms with Crippen molar-refractivity contribution in [1.82, 2.24) is 14.9 Å². The van der Waals surface area contributed by atoms with E-state index in [4.69, 9.17) is 11.6 Å². The molecule has 0 aromatic heterocycles. The van der Waals surface area contributed by atoms with Crippen LogP contribution < -0.4 is 10.0 Å². The Bertz CT molecular complexity index is 1620. The van der Waals surface area contributed by atoms with Crippen LogP contribution >= 0.6 is 24.2 Å². The Hall–Kier alpha value is -3.45. The standard InChI is InChI=1S/C32H37ClFN3O6S2/c1-3-8-31(40)37(16-15-30(39)35-19-24(44)18-23-9-4-6-11-28(23)34)20-22-13-14-25(27(33)17-22)26-10-5-7-12-29(26)45(42,43)36-32(41)21(2)38/h4-7,9-14,17,21,24,38,44H,3,8,15-16,18-20H2,1-2H3,(H,35,39)(H,36,41). The van der Waals surface area contributed by atoms with E-state index in [1.807, 2.05) is 11.6 Å². The zero-order valence-electron chi connectivity index (χ0n) is 25.0. The van der Waals surface area contributed by atoms with Crippen molar-refractivity contribution in [2.45, 2.75) is 62.3 Å². The predicted molar refractivity (Wildman–Crippen MR) is 175 cm³/mol. The lowest BCUT2D eigenvalue weighted by Crippen LogP contribution is -2.37. The van der Waals surface area contributed by atoms with Crippen LogP contribution in [0.2, 0.25) is 5.02 Å². The number of aliphatic hydroxyl groups is 1. The average molecular weight is 678 g/mol. The van der Waals surface area contributed by atoms with Gasteiger partial charge >= 0.3 is 0 Å². The van der Waals surface area contributed by atoms with Crippen molar-refractivity contribution in [3.8, 4) is 11.1 Å². The van der Waals surface area contributed by atoms with Gasteiger partial charge in [-0.1, -0.05) is 67.1 Å². The molecule has 0 radical (unpaired) electrons. The SMILES string of the molecule is CCCC(=O)N(CCC(=O)NCC(S)Cc1ccccc1F)Cc1ccc(-c2ccccc2S(=O)(=O)NC(=O)C(C)O)c(Cl)c1. The maximum Gasteiger partial charge on any atom is 0.264 e. The van der Waals surface area contributed by atoms with Gasteiger partial charge in [-0.3, -0.25) is 14.4 Å². The zero-order chi connectivity index (χ0) is 33.1. The van der Waals surface area contributed by atoms with Crippen LogP contribution in [0.25, 0.3) is 11.1 Å². The molecule has 242 valence electrons. The summed E-state index contributed by atoms with van der Waals surface area (Å²) in [4.78, 5) is 38.8. The van der Waals surface area contributed by atoms with Crippen LogP contribution in [-0.4, -0.2) is 60.6 Å². The Balaban J connectivity index is 1.69. The molecule has 0 fully saturated rings. The lowest BCUT2D eigenvalue weighted by molar-refractivity contribution is -0.132. The van der Waals surface area contributed by atoms with Crippen molar-refractivity contribution >= 4 is 52.0 Å². The van der Waals surface area contributed by atoms with Crippen molar-refractivity contribution in [1.29, 1.82) is 0 Å². The number of sulfonamides is 1. The van der Waals surface area contributed by atoms with Gasteiger partial charge in [0.25, 0.3) is 15.9 Å². The Labute approximate surface area is 273 Å². The largest absolute Gasteiger partial charge is 0.384 e. The first-order valence-corrected chi connectivity index (χ1v) is 16.8. The molecule has 3 aromatic carbocycles. The molecule has 3 amide bonds. The van der Waals surface area contributed by atoms with Gasteiger partial charge in [0, 0.05) is 53.9 Å². The molecule has 45 heavy (non-hydrogen) atoms. The second kappa shape index (κ2) is 16.7. The van der Waals surface area contributed by atoms with Gasteiger partial charge in [-0.2, -0.15) is 12.6 Å². The van der Waals surface area contributed by atoms with E-state index in [0.717, 1.165) is 6.92 Å². The lowest BCUT2D eigenvalue weighted by atomic mass is 10.0. The van der Waals surface area contributed by atoms with E-state index in [1.54, 1.807) is 53.4 Å². The summed E-state index contributed by atoms with van der Waals surface area (Å²) in [7, 11) is -4.32. The maximum atomic E-state index is 13.9. The molecule has 0 aliphatic rings. The molecule has 0 aliphatic carbocycles. The number of hydrogen-bond donors (Lipinski definition) is 4. The highest BCUT2D eigenvalue weighted by molar-refractivity contribution is 7.90. The molecule has 0 heterocycles. The lowest BCUT2D eigenvalue weighted by Gasteiger charge is -2.23. The summed E-state index contributed by atoms with van der Waals surface area (Å²) >= 11 is 11.1. The molecule has 0 saturated carbocycles. The Morgan fingerprint density at radius 2 is 1.71 bits per heavy atom. The molecule has 3 rings (SSSR count). The summed E-state index contributed by atoms with van der Waals surface area (Å²) in [6.45, 7) is 3.58. The quantitative estimate of drug-likeness (QED) is 0.175. The fraction of sp³-hybridized carbons (Fsp3) is 0.344. The molecular weight excluding hydrogens is 641 g/mol. The van der Waals surface area contributed by atoms with E-state index in [-0.39, 0.29) is 70.8 Å². The van der Waals surface area contributed by atoms with Gasteiger partial charge in [-0.25, -0.2) is 17.5 Å². The Morgan fingerprint density at radius 3 is 2.38 bits per heavy atom. The number of carbonyl (C=O) groups excluding carboxylic acids is 3. The van der Waals surface area contributed by atoms with Crippen molar-refractivity contribution < 1.29 is 32.3 Å². The highest BCUT2D eigenvalue weighted by Gasteiger charge is 2.25. The summed E-state index contributed by atoms with van der Waals surface area (Å²) < 4.78 is 41.6. The van der Waals surface area contributed by atoms with Crippen LogP contribution in [0.15, 0.2) is 71.6 Å². The van der Waals surface area contributed by atoms with Crippen LogP contribution in [0, 0.1) is 5.82 Å². The summed E-state index contributed by atoms with van der Waals surface area (Å²) in [5.41, 5.74) is 1.80. The van der Waals surface area contributed by atoms with Crippen LogP contribution in [-0.2, 0) is 37.4 Å². The predicted octanol–water partition coefficient (Wildman–Crippen LogP) is 4.51. The zero-order valence-corrected chi connectivity index (χ0v) is 27.5. The molecule has 2 unspecified atom stereocenters. The second-order valence-corrected chi connectivity index (χ2v) is 13.3. The third-order valence-electron chi connectivity index (χ3n) is 6.86. The summed E-state index contributed by atoms with van der Waals surface area (Å²) in [6, 6.07) is 17.4. The molecule has 0 spiro atoms. The van der Waals surface area contributed by atoms with E-state index in [9.17, 15) is 32.3 Å². The summed E-state index contributed by atoms with van der Waals surface area (Å²) in [5.74, 6) is -1.80. The minimum atomic E-state index is -4.32. The molecule has 13 heteroatoms.